The first-order chi connectivity index (χ1) is 9.45. The van der Waals surface area contributed by atoms with Gasteiger partial charge in [0.1, 0.15) is 6.04 Å². The van der Waals surface area contributed by atoms with Gasteiger partial charge in [0.05, 0.1) is 4.88 Å². The number of likely N-dealkylation sites (tertiary alicyclic amines) is 1. The second-order valence-electron chi connectivity index (χ2n) is 5.43. The molecule has 2 rings (SSSR count). The second-order valence-corrected chi connectivity index (χ2v) is 6.69. The lowest BCUT2D eigenvalue weighted by molar-refractivity contribution is -0.132. The van der Waals surface area contributed by atoms with Gasteiger partial charge in [-0.3, -0.25) is 9.59 Å². The van der Waals surface area contributed by atoms with Gasteiger partial charge in [-0.15, -0.1) is 11.3 Å². The van der Waals surface area contributed by atoms with Crippen LogP contribution in [0.25, 0.3) is 0 Å². The lowest BCUT2D eigenvalue weighted by atomic mass is 10.2. The summed E-state index contributed by atoms with van der Waals surface area (Å²) in [7, 11) is 3.49. The second kappa shape index (κ2) is 5.95. The molecule has 1 fully saturated rings. The van der Waals surface area contributed by atoms with Crippen LogP contribution in [0.3, 0.4) is 0 Å². The van der Waals surface area contributed by atoms with Crippen molar-refractivity contribution >= 4 is 23.2 Å². The molecule has 1 saturated heterocycles. The number of hydrogen-bond acceptors (Lipinski definition) is 3. The third-order valence-corrected chi connectivity index (χ3v) is 4.93. The zero-order chi connectivity index (χ0) is 14.9. The van der Waals surface area contributed by atoms with Crippen LogP contribution >= 0.6 is 11.3 Å². The molecule has 20 heavy (non-hydrogen) atoms. The summed E-state index contributed by atoms with van der Waals surface area (Å²) in [5, 5.41) is 0. The van der Waals surface area contributed by atoms with Crippen molar-refractivity contribution in [2.24, 2.45) is 0 Å². The Hall–Kier alpha value is -1.36. The summed E-state index contributed by atoms with van der Waals surface area (Å²) < 4.78 is 0. The predicted molar refractivity (Wildman–Crippen MR) is 81.2 cm³/mol. The molecule has 0 aromatic carbocycles. The monoisotopic (exact) mass is 294 g/mol. The summed E-state index contributed by atoms with van der Waals surface area (Å²) in [4.78, 5) is 30.1. The van der Waals surface area contributed by atoms with E-state index in [1.54, 1.807) is 23.9 Å². The van der Waals surface area contributed by atoms with Gasteiger partial charge in [0.15, 0.2) is 0 Å². The number of likely N-dealkylation sites (N-methyl/N-ethyl adjacent to an activating group) is 1. The van der Waals surface area contributed by atoms with Crippen LogP contribution in [0.5, 0.6) is 0 Å². The molecule has 4 nitrogen and oxygen atoms in total. The van der Waals surface area contributed by atoms with E-state index in [1.807, 2.05) is 13.0 Å². The Morgan fingerprint density at radius 2 is 2.15 bits per heavy atom. The van der Waals surface area contributed by atoms with E-state index in [0.29, 0.717) is 6.54 Å². The molecule has 1 atom stereocenters. The molecule has 1 aromatic rings. The molecule has 1 unspecified atom stereocenters. The first-order valence-corrected chi connectivity index (χ1v) is 7.88. The number of hydrogen-bond donors (Lipinski definition) is 0. The number of carbonyl (C=O) groups excluding carboxylic acids is 2. The van der Waals surface area contributed by atoms with Crippen molar-refractivity contribution in [3.8, 4) is 0 Å². The quantitative estimate of drug-likeness (QED) is 0.858. The van der Waals surface area contributed by atoms with Crippen LogP contribution in [-0.4, -0.2) is 48.3 Å². The van der Waals surface area contributed by atoms with Crippen molar-refractivity contribution in [1.29, 1.82) is 0 Å². The van der Waals surface area contributed by atoms with E-state index in [2.05, 4.69) is 6.92 Å². The number of rotatable bonds is 3. The Bertz CT molecular complexity index is 522. The van der Waals surface area contributed by atoms with Crippen molar-refractivity contribution in [3.05, 3.63) is 21.4 Å². The van der Waals surface area contributed by atoms with Crippen LogP contribution in [0.2, 0.25) is 0 Å². The normalized spacial score (nSPS) is 18.4. The molecule has 0 bridgehead atoms. The average molecular weight is 294 g/mol. The van der Waals surface area contributed by atoms with Crippen LogP contribution in [0, 0.1) is 6.92 Å². The first-order valence-electron chi connectivity index (χ1n) is 7.07. The SMILES string of the molecule is CCc1cc(C(=O)N2CCCC2C(=O)N(C)C)sc1C. The summed E-state index contributed by atoms with van der Waals surface area (Å²) >= 11 is 1.54. The molecule has 5 heteroatoms. The van der Waals surface area contributed by atoms with E-state index < -0.39 is 0 Å². The highest BCUT2D eigenvalue weighted by molar-refractivity contribution is 7.14. The molecular formula is C15H22N2O2S. The van der Waals surface area contributed by atoms with E-state index in [0.717, 1.165) is 24.1 Å². The van der Waals surface area contributed by atoms with Crippen molar-refractivity contribution in [1.82, 2.24) is 9.80 Å². The molecule has 0 saturated carbocycles. The Balaban J connectivity index is 2.21. The zero-order valence-corrected chi connectivity index (χ0v) is 13.4. The minimum Gasteiger partial charge on any atom is -0.347 e. The molecular weight excluding hydrogens is 272 g/mol. The smallest absolute Gasteiger partial charge is 0.264 e. The lowest BCUT2D eigenvalue weighted by Gasteiger charge is -2.25. The van der Waals surface area contributed by atoms with E-state index >= 15 is 0 Å². The highest BCUT2D eigenvalue weighted by atomic mass is 32.1. The van der Waals surface area contributed by atoms with Gasteiger partial charge in [-0.2, -0.15) is 0 Å². The molecule has 0 radical (unpaired) electrons. The number of carbonyl (C=O) groups is 2. The third kappa shape index (κ3) is 2.73. The topological polar surface area (TPSA) is 40.6 Å². The Kier molecular flexibility index (Phi) is 4.48. The lowest BCUT2D eigenvalue weighted by Crippen LogP contribution is -2.45. The number of nitrogens with zero attached hydrogens (tertiary/aromatic N) is 2. The number of thiophene rings is 1. The van der Waals surface area contributed by atoms with E-state index in [1.165, 1.54) is 21.8 Å². The number of amides is 2. The van der Waals surface area contributed by atoms with Crippen LogP contribution in [0.1, 0.15) is 39.9 Å². The zero-order valence-electron chi connectivity index (χ0n) is 12.6. The Labute approximate surface area is 124 Å². The fourth-order valence-corrected chi connectivity index (χ4v) is 3.75. The standard InChI is InChI=1S/C15H22N2O2S/c1-5-11-9-13(20-10(11)2)15(19)17-8-6-7-12(17)14(18)16(3)4/h9,12H,5-8H2,1-4H3. The van der Waals surface area contributed by atoms with Crippen molar-refractivity contribution in [2.75, 3.05) is 20.6 Å². The van der Waals surface area contributed by atoms with Crippen molar-refractivity contribution in [3.63, 3.8) is 0 Å². The molecule has 1 aromatic heterocycles. The van der Waals surface area contributed by atoms with Crippen LogP contribution < -0.4 is 0 Å². The maximum absolute atomic E-state index is 12.6. The fourth-order valence-electron chi connectivity index (χ4n) is 2.68. The third-order valence-electron chi connectivity index (χ3n) is 3.85. The highest BCUT2D eigenvalue weighted by Crippen LogP contribution is 2.27. The minimum atomic E-state index is -0.287. The molecule has 1 aliphatic rings. The molecule has 0 N–H and O–H groups in total. The molecule has 110 valence electrons. The Morgan fingerprint density at radius 3 is 2.70 bits per heavy atom. The van der Waals surface area contributed by atoms with Crippen molar-refractivity contribution < 1.29 is 9.59 Å². The maximum atomic E-state index is 12.6. The summed E-state index contributed by atoms with van der Waals surface area (Å²) in [6.45, 7) is 4.83. The van der Waals surface area contributed by atoms with Crippen LogP contribution in [0.15, 0.2) is 6.07 Å². The van der Waals surface area contributed by atoms with E-state index in [-0.39, 0.29) is 17.9 Å². The average Bonchev–Trinajstić information content (AvgIpc) is 3.03. The van der Waals surface area contributed by atoms with Gasteiger partial charge in [0.25, 0.3) is 5.91 Å². The van der Waals surface area contributed by atoms with E-state index in [4.69, 9.17) is 0 Å². The number of aryl methyl sites for hydroxylation is 2. The predicted octanol–water partition coefficient (Wildman–Crippen LogP) is 2.31. The molecule has 0 aliphatic carbocycles. The minimum absolute atomic E-state index is 0.00972. The van der Waals surface area contributed by atoms with Gasteiger partial charge in [-0.1, -0.05) is 6.92 Å². The van der Waals surface area contributed by atoms with Gasteiger partial charge in [-0.05, 0) is 37.8 Å². The molecule has 1 aliphatic heterocycles. The summed E-state index contributed by atoms with van der Waals surface area (Å²) in [6, 6.07) is 1.70. The molecule has 2 amide bonds. The molecule has 2 heterocycles. The maximum Gasteiger partial charge on any atom is 0.264 e. The highest BCUT2D eigenvalue weighted by Gasteiger charge is 2.35. The van der Waals surface area contributed by atoms with Crippen LogP contribution in [-0.2, 0) is 11.2 Å². The largest absolute Gasteiger partial charge is 0.347 e. The summed E-state index contributed by atoms with van der Waals surface area (Å²) in [5.74, 6) is 0.0374. The van der Waals surface area contributed by atoms with Gasteiger partial charge < -0.3 is 9.80 Å². The van der Waals surface area contributed by atoms with Crippen LogP contribution in [0.4, 0.5) is 0 Å². The molecule has 0 spiro atoms. The van der Waals surface area contributed by atoms with Gasteiger partial charge in [0, 0.05) is 25.5 Å². The van der Waals surface area contributed by atoms with Gasteiger partial charge in [0.2, 0.25) is 5.91 Å². The summed E-state index contributed by atoms with van der Waals surface area (Å²) in [6.07, 6.45) is 2.62. The van der Waals surface area contributed by atoms with Crippen molar-refractivity contribution in [2.45, 2.75) is 39.2 Å². The fraction of sp³-hybridized carbons (Fsp3) is 0.600. The summed E-state index contributed by atoms with van der Waals surface area (Å²) in [5.41, 5.74) is 1.23. The van der Waals surface area contributed by atoms with Gasteiger partial charge in [-0.25, -0.2) is 0 Å². The van der Waals surface area contributed by atoms with E-state index in [9.17, 15) is 9.59 Å². The van der Waals surface area contributed by atoms with Gasteiger partial charge >= 0.3 is 0 Å². The Morgan fingerprint density at radius 1 is 1.45 bits per heavy atom. The first kappa shape index (κ1) is 15.0.